The molecule has 1 saturated heterocycles. The minimum atomic E-state index is -3.98. The van der Waals surface area contributed by atoms with Crippen molar-refractivity contribution in [2.75, 3.05) is 6.54 Å². The van der Waals surface area contributed by atoms with Crippen molar-refractivity contribution < 1.29 is 22.0 Å². The summed E-state index contributed by atoms with van der Waals surface area (Å²) in [5, 5.41) is 4.50. The number of halogens is 1. The summed E-state index contributed by atoms with van der Waals surface area (Å²) in [7, 11) is -3.98. The topological polar surface area (TPSA) is 98.3 Å². The number of hydrogen-bond donors (Lipinski definition) is 0. The van der Waals surface area contributed by atoms with Gasteiger partial charge in [-0.25, -0.2) is 22.5 Å². The third kappa shape index (κ3) is 4.02. The predicted octanol–water partition coefficient (Wildman–Crippen LogP) is 4.21. The van der Waals surface area contributed by atoms with Crippen LogP contribution in [0, 0.1) is 18.7 Å². The van der Waals surface area contributed by atoms with Crippen LogP contribution >= 0.6 is 0 Å². The number of carbonyl (C=O) groups excluding carboxylic acids is 1. The molecule has 0 saturated carbocycles. The van der Waals surface area contributed by atoms with E-state index in [0.717, 1.165) is 22.4 Å². The highest BCUT2D eigenvalue weighted by Crippen LogP contribution is 2.41. The quantitative estimate of drug-likeness (QED) is 0.367. The zero-order valence-corrected chi connectivity index (χ0v) is 20.7. The van der Waals surface area contributed by atoms with Crippen LogP contribution in [0.15, 0.2) is 82.1 Å². The van der Waals surface area contributed by atoms with Gasteiger partial charge in [0.15, 0.2) is 0 Å². The molecule has 8 nitrogen and oxygen atoms in total. The fraction of sp³-hybridized carbons (Fsp3) is 0.222. The first kappa shape index (κ1) is 23.5. The van der Waals surface area contributed by atoms with Gasteiger partial charge in [0.1, 0.15) is 18.1 Å². The second-order valence-corrected chi connectivity index (χ2v) is 11.2. The third-order valence-corrected chi connectivity index (χ3v) is 8.89. The predicted molar refractivity (Wildman–Crippen MR) is 133 cm³/mol. The largest absolute Gasteiger partial charge is 0.442 e. The lowest BCUT2D eigenvalue weighted by Crippen LogP contribution is -2.54. The fourth-order valence-electron chi connectivity index (χ4n) is 5.26. The van der Waals surface area contributed by atoms with Gasteiger partial charge in [-0.2, -0.15) is 9.40 Å². The van der Waals surface area contributed by atoms with Crippen molar-refractivity contribution >= 4 is 21.9 Å². The van der Waals surface area contributed by atoms with Crippen LogP contribution in [0.1, 0.15) is 33.9 Å². The summed E-state index contributed by atoms with van der Waals surface area (Å²) in [6, 6.07) is 11.7. The highest BCUT2D eigenvalue weighted by atomic mass is 32.2. The Hall–Kier alpha value is -3.89. The van der Waals surface area contributed by atoms with Crippen LogP contribution < -0.4 is 0 Å². The van der Waals surface area contributed by atoms with Gasteiger partial charge >= 0.3 is 0 Å². The molecule has 0 amide bonds. The van der Waals surface area contributed by atoms with Crippen LogP contribution in [0.3, 0.4) is 0 Å². The van der Waals surface area contributed by atoms with Crippen LogP contribution in [0.25, 0.3) is 11.8 Å². The van der Waals surface area contributed by atoms with Crippen LogP contribution in [-0.2, 0) is 16.4 Å². The first-order valence-corrected chi connectivity index (χ1v) is 13.3. The summed E-state index contributed by atoms with van der Waals surface area (Å²) in [5.41, 5.74) is 4.19. The molecule has 1 aliphatic heterocycles. The fourth-order valence-corrected chi connectivity index (χ4v) is 6.99. The Labute approximate surface area is 213 Å². The zero-order valence-electron chi connectivity index (χ0n) is 19.9. The van der Waals surface area contributed by atoms with Gasteiger partial charge in [0.2, 0.25) is 15.8 Å². The van der Waals surface area contributed by atoms with E-state index in [4.69, 9.17) is 4.42 Å². The molecule has 0 spiro atoms. The van der Waals surface area contributed by atoms with E-state index in [2.05, 4.69) is 10.1 Å². The summed E-state index contributed by atoms with van der Waals surface area (Å²) in [6.45, 7) is 1.96. The van der Waals surface area contributed by atoms with Gasteiger partial charge < -0.3 is 4.42 Å². The van der Waals surface area contributed by atoms with Crippen molar-refractivity contribution in [1.82, 2.24) is 19.1 Å². The number of oxazole rings is 1. The second kappa shape index (κ2) is 8.89. The summed E-state index contributed by atoms with van der Waals surface area (Å²) in [6.07, 6.45) is 7.24. The average molecular weight is 519 g/mol. The van der Waals surface area contributed by atoms with Crippen molar-refractivity contribution in [3.05, 3.63) is 101 Å². The van der Waals surface area contributed by atoms with Gasteiger partial charge in [-0.1, -0.05) is 17.7 Å². The molecule has 2 aromatic carbocycles. The number of aryl methyl sites for hydroxylation is 1. The normalized spacial score (nSPS) is 19.7. The number of nitrogens with zero attached hydrogens (tertiary/aromatic N) is 4. The van der Waals surface area contributed by atoms with Gasteiger partial charge in [-0.3, -0.25) is 4.79 Å². The maximum atomic E-state index is 13.8. The molecule has 10 heteroatoms. The van der Waals surface area contributed by atoms with E-state index in [1.54, 1.807) is 41.2 Å². The Morgan fingerprint density at radius 2 is 1.97 bits per heavy atom. The number of sulfonamides is 1. The van der Waals surface area contributed by atoms with E-state index < -0.39 is 27.8 Å². The van der Waals surface area contributed by atoms with Crippen LogP contribution in [0.2, 0.25) is 0 Å². The Kier molecular flexibility index (Phi) is 5.65. The molecule has 37 heavy (non-hydrogen) atoms. The molecular weight excluding hydrogens is 495 g/mol. The van der Waals surface area contributed by atoms with Gasteiger partial charge in [0, 0.05) is 12.5 Å². The van der Waals surface area contributed by atoms with Crippen molar-refractivity contribution in [3.8, 4) is 5.69 Å². The molecule has 0 radical (unpaired) electrons. The second-order valence-electron chi connectivity index (χ2n) is 9.30. The number of ketones is 1. The van der Waals surface area contributed by atoms with Gasteiger partial charge in [0.25, 0.3) is 5.89 Å². The number of fused-ring (bicyclic) bond motifs is 2. The van der Waals surface area contributed by atoms with E-state index >= 15 is 0 Å². The van der Waals surface area contributed by atoms with Crippen molar-refractivity contribution in [3.63, 3.8) is 0 Å². The molecule has 188 valence electrons. The number of piperidine rings is 1. The van der Waals surface area contributed by atoms with E-state index in [-0.39, 0.29) is 23.1 Å². The summed E-state index contributed by atoms with van der Waals surface area (Å²) < 4.78 is 49.4. The van der Waals surface area contributed by atoms with Crippen LogP contribution in [0.5, 0.6) is 0 Å². The number of rotatable bonds is 5. The highest BCUT2D eigenvalue weighted by Gasteiger charge is 2.47. The first-order chi connectivity index (χ1) is 17.8. The van der Waals surface area contributed by atoms with Crippen molar-refractivity contribution in [1.29, 1.82) is 0 Å². The third-order valence-electron chi connectivity index (χ3n) is 7.02. The Morgan fingerprint density at radius 1 is 1.16 bits per heavy atom. The average Bonchev–Trinajstić information content (AvgIpc) is 3.57. The maximum absolute atomic E-state index is 13.8. The molecule has 0 N–H and O–H groups in total. The standard InChI is InChI=1S/C27H23FN4O4S/c1-17-3-2-4-22(13-17)37(34,35)31-11-9-18-15-24-19(16-30-32(24)21-7-5-20(28)6-8-21)14-23(18)25(31)26(33)27-29-10-12-36-27/h2-8,10,12-13,15-16,23,25H,9,11,14H2,1H3/t23?,25-/m0/s1. The summed E-state index contributed by atoms with van der Waals surface area (Å²) in [4.78, 5) is 17.9. The number of benzene rings is 2. The SMILES string of the molecule is Cc1cccc(S(=O)(=O)N2CCC3=Cc4c(cnn4-c4ccc(F)cc4)CC3[C@H]2C(=O)c2ncco2)c1. The van der Waals surface area contributed by atoms with E-state index in [0.29, 0.717) is 18.5 Å². The molecule has 3 heterocycles. The summed E-state index contributed by atoms with van der Waals surface area (Å²) >= 11 is 0. The lowest BCUT2D eigenvalue weighted by atomic mass is 9.76. The molecule has 2 aliphatic rings. The molecule has 1 unspecified atom stereocenters. The molecule has 1 aliphatic carbocycles. The lowest BCUT2D eigenvalue weighted by Gasteiger charge is -2.41. The van der Waals surface area contributed by atoms with Crippen LogP contribution in [0.4, 0.5) is 4.39 Å². The minimum absolute atomic E-state index is 0.122. The Balaban J connectivity index is 1.43. The van der Waals surface area contributed by atoms with Crippen LogP contribution in [-0.4, -0.2) is 45.9 Å². The highest BCUT2D eigenvalue weighted by molar-refractivity contribution is 7.89. The van der Waals surface area contributed by atoms with E-state index in [1.165, 1.54) is 28.9 Å². The Morgan fingerprint density at radius 3 is 2.70 bits per heavy atom. The smallest absolute Gasteiger partial charge is 0.264 e. The van der Waals surface area contributed by atoms with Crippen molar-refractivity contribution in [2.24, 2.45) is 5.92 Å². The lowest BCUT2D eigenvalue weighted by molar-refractivity contribution is 0.0790. The minimum Gasteiger partial charge on any atom is -0.442 e. The number of hydrogen-bond acceptors (Lipinski definition) is 6. The van der Waals surface area contributed by atoms with Crippen molar-refractivity contribution in [2.45, 2.75) is 30.7 Å². The molecule has 2 aromatic heterocycles. The molecule has 2 atom stereocenters. The van der Waals surface area contributed by atoms with Gasteiger partial charge in [-0.05, 0) is 73.4 Å². The maximum Gasteiger partial charge on any atom is 0.264 e. The first-order valence-electron chi connectivity index (χ1n) is 11.9. The van der Waals surface area contributed by atoms with Gasteiger partial charge in [-0.15, -0.1) is 0 Å². The number of carbonyl (C=O) groups is 1. The molecule has 1 fully saturated rings. The van der Waals surface area contributed by atoms with E-state index in [9.17, 15) is 17.6 Å². The molecule has 4 aromatic rings. The Bertz CT molecular complexity index is 1630. The number of Topliss-reactive ketones (excluding diaryl/α,β-unsaturated/α-hetero) is 1. The number of aromatic nitrogens is 3. The zero-order chi connectivity index (χ0) is 25.7. The molecule has 6 rings (SSSR count). The molecule has 0 bridgehead atoms. The summed E-state index contributed by atoms with van der Waals surface area (Å²) in [5.74, 6) is -1.35. The monoisotopic (exact) mass is 518 g/mol. The van der Waals surface area contributed by atoms with E-state index in [1.807, 2.05) is 19.1 Å². The molecular formula is C27H23FN4O4S. The van der Waals surface area contributed by atoms with Gasteiger partial charge in [0.05, 0.1) is 28.7 Å².